The van der Waals surface area contributed by atoms with Crippen LogP contribution in [0.5, 0.6) is 0 Å². The van der Waals surface area contributed by atoms with Crippen LogP contribution in [0.15, 0.2) is 24.3 Å². The van der Waals surface area contributed by atoms with Gasteiger partial charge < -0.3 is 25.8 Å². The molecule has 0 radical (unpaired) electrons. The van der Waals surface area contributed by atoms with Gasteiger partial charge in [0.05, 0.1) is 25.7 Å². The van der Waals surface area contributed by atoms with Crippen molar-refractivity contribution in [1.82, 2.24) is 4.90 Å². The molecule has 1 saturated heterocycles. The number of urea groups is 1. The van der Waals surface area contributed by atoms with Crippen molar-refractivity contribution in [3.63, 3.8) is 0 Å². The van der Waals surface area contributed by atoms with Gasteiger partial charge in [-0.3, -0.25) is 9.59 Å². The molecule has 1 aliphatic rings. The van der Waals surface area contributed by atoms with Crippen LogP contribution in [0.25, 0.3) is 0 Å². The quantitative estimate of drug-likeness (QED) is 0.747. The van der Waals surface area contributed by atoms with E-state index in [9.17, 15) is 14.4 Å². The van der Waals surface area contributed by atoms with E-state index in [0.717, 1.165) is 0 Å². The molecule has 118 valence electrons. The van der Waals surface area contributed by atoms with E-state index < -0.39 is 18.0 Å². The number of nitrogens with two attached hydrogens (primary N) is 1. The molecule has 1 unspecified atom stereocenters. The van der Waals surface area contributed by atoms with Crippen LogP contribution in [-0.4, -0.2) is 53.7 Å². The third-order valence-corrected chi connectivity index (χ3v) is 3.28. The Balaban J connectivity index is 2.17. The monoisotopic (exact) mass is 307 g/mol. The number of nitrogens with one attached hydrogen (secondary N) is 1. The van der Waals surface area contributed by atoms with E-state index in [1.54, 1.807) is 18.2 Å². The lowest BCUT2D eigenvalue weighted by Gasteiger charge is -2.35. The van der Waals surface area contributed by atoms with Crippen molar-refractivity contribution in [2.24, 2.45) is 5.73 Å². The molecular weight excluding hydrogens is 290 g/mol. The van der Waals surface area contributed by atoms with Gasteiger partial charge >= 0.3 is 12.0 Å². The molecule has 1 fully saturated rings. The first-order chi connectivity index (χ1) is 10.5. The van der Waals surface area contributed by atoms with Gasteiger partial charge in [0.25, 0.3) is 5.91 Å². The molecule has 1 aromatic rings. The highest BCUT2D eigenvalue weighted by Crippen LogP contribution is 2.17. The van der Waals surface area contributed by atoms with Gasteiger partial charge in [0, 0.05) is 17.8 Å². The number of carbonyl (C=O) groups excluding carboxylic acids is 2. The summed E-state index contributed by atoms with van der Waals surface area (Å²) >= 11 is 0. The van der Waals surface area contributed by atoms with Crippen LogP contribution < -0.4 is 11.1 Å². The smallest absolute Gasteiger partial charge is 0.316 e. The Morgan fingerprint density at radius 2 is 2.18 bits per heavy atom. The predicted molar refractivity (Wildman–Crippen MR) is 77.5 cm³/mol. The van der Waals surface area contributed by atoms with Crippen LogP contribution >= 0.6 is 0 Å². The van der Waals surface area contributed by atoms with Crippen molar-refractivity contribution in [3.8, 4) is 0 Å². The van der Waals surface area contributed by atoms with Crippen molar-refractivity contribution in [2.75, 3.05) is 25.1 Å². The molecule has 1 aliphatic heterocycles. The lowest BCUT2D eigenvalue weighted by Crippen LogP contribution is -2.49. The van der Waals surface area contributed by atoms with E-state index in [-0.39, 0.29) is 18.9 Å². The fraction of sp³-hybridized carbons (Fsp3) is 0.357. The van der Waals surface area contributed by atoms with E-state index >= 15 is 0 Å². The number of benzene rings is 1. The molecular formula is C14H17N3O5. The molecule has 1 aromatic carbocycles. The Hall–Kier alpha value is -2.61. The Labute approximate surface area is 126 Å². The first-order valence-corrected chi connectivity index (χ1v) is 6.74. The maximum atomic E-state index is 12.6. The lowest BCUT2D eigenvalue weighted by molar-refractivity contribution is -0.139. The van der Waals surface area contributed by atoms with Crippen LogP contribution in [0.3, 0.4) is 0 Å². The number of aliphatic carboxylic acids is 1. The van der Waals surface area contributed by atoms with Crippen LogP contribution in [0.1, 0.15) is 16.8 Å². The fourth-order valence-corrected chi connectivity index (χ4v) is 2.33. The zero-order valence-electron chi connectivity index (χ0n) is 11.8. The van der Waals surface area contributed by atoms with Gasteiger partial charge in [0.1, 0.15) is 0 Å². The number of anilines is 1. The van der Waals surface area contributed by atoms with Gasteiger partial charge in [0.15, 0.2) is 0 Å². The second kappa shape index (κ2) is 6.90. The minimum Gasteiger partial charge on any atom is -0.481 e. The first kappa shape index (κ1) is 15.8. The van der Waals surface area contributed by atoms with E-state index in [2.05, 4.69) is 5.32 Å². The van der Waals surface area contributed by atoms with Crippen molar-refractivity contribution >= 4 is 23.6 Å². The van der Waals surface area contributed by atoms with E-state index in [1.807, 2.05) is 0 Å². The van der Waals surface area contributed by atoms with Gasteiger partial charge in [-0.2, -0.15) is 0 Å². The Kier molecular flexibility index (Phi) is 4.95. The molecule has 22 heavy (non-hydrogen) atoms. The van der Waals surface area contributed by atoms with Gasteiger partial charge in [-0.05, 0) is 18.2 Å². The summed E-state index contributed by atoms with van der Waals surface area (Å²) in [5.74, 6) is -1.29. The van der Waals surface area contributed by atoms with Crippen LogP contribution in [0, 0.1) is 0 Å². The number of ether oxygens (including phenoxy) is 1. The largest absolute Gasteiger partial charge is 0.481 e. The standard InChI is InChI=1S/C14H17N3O5/c15-14(21)16-10-3-1-2-9(6-10)13(20)17-4-5-22-8-11(17)7-12(18)19/h1-3,6,11H,4-5,7-8H2,(H,18,19)(H3,15,16,21). The number of carboxylic acids is 1. The average molecular weight is 307 g/mol. The fourth-order valence-electron chi connectivity index (χ4n) is 2.33. The van der Waals surface area contributed by atoms with Gasteiger partial charge in [-0.25, -0.2) is 4.79 Å². The highest BCUT2D eigenvalue weighted by Gasteiger charge is 2.29. The topological polar surface area (TPSA) is 122 Å². The number of hydrogen-bond acceptors (Lipinski definition) is 4. The van der Waals surface area contributed by atoms with Crippen molar-refractivity contribution in [1.29, 1.82) is 0 Å². The number of nitrogens with zero attached hydrogens (tertiary/aromatic N) is 1. The number of hydrogen-bond donors (Lipinski definition) is 3. The Morgan fingerprint density at radius 3 is 2.86 bits per heavy atom. The van der Waals surface area contributed by atoms with Gasteiger partial charge in [-0.1, -0.05) is 6.07 Å². The maximum absolute atomic E-state index is 12.6. The second-order valence-electron chi connectivity index (χ2n) is 4.90. The number of carbonyl (C=O) groups is 3. The molecule has 0 bridgehead atoms. The number of carboxylic acid groups (broad SMARTS) is 1. The summed E-state index contributed by atoms with van der Waals surface area (Å²) in [6.07, 6.45) is -0.176. The highest BCUT2D eigenvalue weighted by atomic mass is 16.5. The summed E-state index contributed by atoms with van der Waals surface area (Å²) in [6.45, 7) is 0.878. The molecule has 8 nitrogen and oxygen atoms in total. The van der Waals surface area contributed by atoms with Crippen molar-refractivity contribution in [3.05, 3.63) is 29.8 Å². The van der Waals surface area contributed by atoms with Gasteiger partial charge in [-0.15, -0.1) is 0 Å². The summed E-state index contributed by atoms with van der Waals surface area (Å²) in [4.78, 5) is 35.8. The Morgan fingerprint density at radius 1 is 1.41 bits per heavy atom. The van der Waals surface area contributed by atoms with E-state index in [4.69, 9.17) is 15.6 Å². The minimum atomic E-state index is -0.988. The van der Waals surface area contributed by atoms with Crippen LogP contribution in [0.4, 0.5) is 10.5 Å². The third-order valence-electron chi connectivity index (χ3n) is 3.28. The minimum absolute atomic E-state index is 0.176. The summed E-state index contributed by atoms with van der Waals surface area (Å²) in [6, 6.07) is 5.09. The lowest BCUT2D eigenvalue weighted by atomic mass is 10.1. The summed E-state index contributed by atoms with van der Waals surface area (Å²) in [7, 11) is 0. The molecule has 8 heteroatoms. The molecule has 2 rings (SSSR count). The number of morpholine rings is 1. The molecule has 3 amide bonds. The SMILES string of the molecule is NC(=O)Nc1cccc(C(=O)N2CCOCC2CC(=O)O)c1. The average Bonchev–Trinajstić information content (AvgIpc) is 2.46. The molecule has 0 saturated carbocycles. The third kappa shape index (κ3) is 3.95. The number of amides is 3. The number of rotatable bonds is 4. The van der Waals surface area contributed by atoms with E-state index in [0.29, 0.717) is 24.4 Å². The second-order valence-corrected chi connectivity index (χ2v) is 4.90. The van der Waals surface area contributed by atoms with Crippen LogP contribution in [0.2, 0.25) is 0 Å². The highest BCUT2D eigenvalue weighted by molar-refractivity contribution is 5.97. The molecule has 0 aromatic heterocycles. The zero-order chi connectivity index (χ0) is 16.1. The molecule has 0 aliphatic carbocycles. The number of primary amides is 1. The van der Waals surface area contributed by atoms with Crippen LogP contribution in [-0.2, 0) is 9.53 Å². The van der Waals surface area contributed by atoms with Crippen molar-refractivity contribution < 1.29 is 24.2 Å². The molecule has 1 atom stereocenters. The predicted octanol–water partition coefficient (Wildman–Crippen LogP) is 0.493. The molecule has 4 N–H and O–H groups in total. The Bertz CT molecular complexity index is 590. The maximum Gasteiger partial charge on any atom is 0.316 e. The summed E-state index contributed by atoms with van der Waals surface area (Å²) in [5, 5.41) is 11.3. The molecule has 1 heterocycles. The first-order valence-electron chi connectivity index (χ1n) is 6.74. The normalized spacial score (nSPS) is 17.8. The zero-order valence-corrected chi connectivity index (χ0v) is 11.8. The summed E-state index contributed by atoms with van der Waals surface area (Å²) in [5.41, 5.74) is 5.80. The summed E-state index contributed by atoms with van der Waals surface area (Å²) < 4.78 is 5.24. The van der Waals surface area contributed by atoms with Gasteiger partial charge in [0.2, 0.25) is 0 Å². The molecule has 0 spiro atoms. The van der Waals surface area contributed by atoms with E-state index in [1.165, 1.54) is 11.0 Å². The van der Waals surface area contributed by atoms with Crippen molar-refractivity contribution in [2.45, 2.75) is 12.5 Å².